The van der Waals surface area contributed by atoms with Gasteiger partial charge < -0.3 is 10.6 Å². The van der Waals surface area contributed by atoms with Crippen molar-refractivity contribution in [2.24, 2.45) is 5.92 Å². The molecule has 0 amide bonds. The summed E-state index contributed by atoms with van der Waals surface area (Å²) in [6, 6.07) is 13.0. The number of rotatable bonds is 4. The van der Waals surface area contributed by atoms with Crippen LogP contribution in [0.25, 0.3) is 10.8 Å². The van der Waals surface area contributed by atoms with Gasteiger partial charge in [-0.05, 0) is 36.8 Å². The van der Waals surface area contributed by atoms with Crippen molar-refractivity contribution in [1.82, 2.24) is 0 Å². The first-order valence-electron chi connectivity index (χ1n) is 7.69. The molecule has 1 unspecified atom stereocenters. The van der Waals surface area contributed by atoms with Crippen molar-refractivity contribution in [3.8, 4) is 0 Å². The maximum Gasteiger partial charge on any atom is 0.105 e. The zero-order valence-corrected chi connectivity index (χ0v) is 12.7. The Balaban J connectivity index is 1.94. The van der Waals surface area contributed by atoms with Crippen LogP contribution in [0.5, 0.6) is 0 Å². The van der Waals surface area contributed by atoms with Gasteiger partial charge in [0.25, 0.3) is 0 Å². The van der Waals surface area contributed by atoms with Crippen LogP contribution in [-0.2, 0) is 0 Å². The van der Waals surface area contributed by atoms with E-state index in [0.29, 0.717) is 0 Å². The molecule has 0 bridgehead atoms. The van der Waals surface area contributed by atoms with Crippen LogP contribution >= 0.6 is 0 Å². The van der Waals surface area contributed by atoms with Crippen LogP contribution in [0.2, 0.25) is 0 Å². The molecule has 2 aromatic carbocycles. The molecule has 2 N–H and O–H groups in total. The van der Waals surface area contributed by atoms with Crippen LogP contribution in [0.1, 0.15) is 40.0 Å². The van der Waals surface area contributed by atoms with Crippen molar-refractivity contribution >= 4 is 22.1 Å². The van der Waals surface area contributed by atoms with E-state index in [1.165, 1.54) is 35.0 Å². The largest absolute Gasteiger partial charge is 0.362 e. The molecule has 0 saturated carbocycles. The minimum absolute atomic E-state index is 0.0583. The van der Waals surface area contributed by atoms with E-state index in [4.69, 9.17) is 0 Å². The summed E-state index contributed by atoms with van der Waals surface area (Å²) in [7, 11) is 0. The van der Waals surface area contributed by atoms with Crippen molar-refractivity contribution in [1.29, 1.82) is 0 Å². The quantitative estimate of drug-likeness (QED) is 0.794. The molecule has 2 aromatic rings. The minimum Gasteiger partial charge on any atom is -0.362 e. The van der Waals surface area contributed by atoms with E-state index >= 15 is 0 Å². The summed E-state index contributed by atoms with van der Waals surface area (Å²) in [5.41, 5.74) is 2.45. The van der Waals surface area contributed by atoms with Gasteiger partial charge in [0.05, 0.1) is 0 Å². The van der Waals surface area contributed by atoms with Gasteiger partial charge in [0, 0.05) is 16.8 Å². The predicted octanol–water partition coefficient (Wildman–Crippen LogP) is 5.22. The average molecular weight is 268 g/mol. The smallest absolute Gasteiger partial charge is 0.105 e. The Labute approximate surface area is 121 Å². The standard InChI is InChI=1S/C18H24N2/c1-4-7-13(2)12-18(3)19-15-10-5-8-14-9-6-11-16(20-18)17(14)15/h5-6,8-11,13,19-20H,4,7,12H2,1-3H3. The van der Waals surface area contributed by atoms with E-state index in [-0.39, 0.29) is 5.66 Å². The number of anilines is 2. The number of benzene rings is 2. The van der Waals surface area contributed by atoms with Gasteiger partial charge in [-0.1, -0.05) is 51.0 Å². The molecule has 0 aliphatic carbocycles. The zero-order valence-electron chi connectivity index (χ0n) is 12.7. The molecule has 2 heteroatoms. The number of hydrogen-bond donors (Lipinski definition) is 2. The Morgan fingerprint density at radius 2 is 1.65 bits per heavy atom. The monoisotopic (exact) mass is 268 g/mol. The van der Waals surface area contributed by atoms with Crippen LogP contribution < -0.4 is 10.6 Å². The SMILES string of the molecule is CCCC(C)CC1(C)Nc2cccc3cccc(c23)N1. The Bertz CT molecular complexity index is 577. The van der Waals surface area contributed by atoms with E-state index in [0.717, 1.165) is 12.3 Å². The summed E-state index contributed by atoms with van der Waals surface area (Å²) in [5.74, 6) is 0.717. The Morgan fingerprint density at radius 1 is 1.05 bits per heavy atom. The molecule has 3 rings (SSSR count). The maximum absolute atomic E-state index is 3.72. The Morgan fingerprint density at radius 3 is 2.20 bits per heavy atom. The van der Waals surface area contributed by atoms with E-state index in [9.17, 15) is 0 Å². The van der Waals surface area contributed by atoms with E-state index in [1.54, 1.807) is 0 Å². The van der Waals surface area contributed by atoms with Crippen molar-refractivity contribution in [3.63, 3.8) is 0 Å². The Hall–Kier alpha value is -1.70. The molecule has 20 heavy (non-hydrogen) atoms. The molecule has 1 heterocycles. The molecular weight excluding hydrogens is 244 g/mol. The van der Waals surface area contributed by atoms with Crippen LogP contribution in [0, 0.1) is 5.92 Å². The van der Waals surface area contributed by atoms with Gasteiger partial charge in [-0.15, -0.1) is 0 Å². The Kier molecular flexibility index (Phi) is 3.33. The summed E-state index contributed by atoms with van der Waals surface area (Å²) in [5, 5.41) is 10.0. The maximum atomic E-state index is 3.72. The lowest BCUT2D eigenvalue weighted by Crippen LogP contribution is -2.46. The first-order chi connectivity index (χ1) is 9.61. The fourth-order valence-electron chi connectivity index (χ4n) is 3.57. The molecular formula is C18H24N2. The second-order valence-corrected chi connectivity index (χ2v) is 6.39. The fourth-order valence-corrected chi connectivity index (χ4v) is 3.57. The second kappa shape index (κ2) is 5.01. The van der Waals surface area contributed by atoms with Crippen LogP contribution in [0.3, 0.4) is 0 Å². The highest BCUT2D eigenvalue weighted by molar-refractivity contribution is 6.05. The van der Waals surface area contributed by atoms with Gasteiger partial charge >= 0.3 is 0 Å². The molecule has 0 aromatic heterocycles. The summed E-state index contributed by atoms with van der Waals surface area (Å²) < 4.78 is 0. The first kappa shape index (κ1) is 13.3. The van der Waals surface area contributed by atoms with Crippen molar-refractivity contribution in [2.45, 2.75) is 45.7 Å². The van der Waals surface area contributed by atoms with Gasteiger partial charge in [0.1, 0.15) is 5.66 Å². The van der Waals surface area contributed by atoms with Gasteiger partial charge in [0.15, 0.2) is 0 Å². The zero-order chi connectivity index (χ0) is 14.2. The molecule has 0 spiro atoms. The van der Waals surface area contributed by atoms with E-state index in [1.807, 2.05) is 0 Å². The molecule has 0 radical (unpaired) electrons. The molecule has 1 atom stereocenters. The van der Waals surface area contributed by atoms with Gasteiger partial charge in [-0.25, -0.2) is 0 Å². The highest BCUT2D eigenvalue weighted by Crippen LogP contribution is 2.39. The van der Waals surface area contributed by atoms with E-state index < -0.39 is 0 Å². The molecule has 0 fully saturated rings. The summed E-state index contributed by atoms with van der Waals surface area (Å²) >= 11 is 0. The van der Waals surface area contributed by atoms with Gasteiger partial charge in [-0.2, -0.15) is 0 Å². The molecule has 1 aliphatic heterocycles. The van der Waals surface area contributed by atoms with Gasteiger partial charge in [0.2, 0.25) is 0 Å². The van der Waals surface area contributed by atoms with Crippen LogP contribution in [0.4, 0.5) is 11.4 Å². The fraction of sp³-hybridized carbons (Fsp3) is 0.444. The minimum atomic E-state index is -0.0583. The van der Waals surface area contributed by atoms with Crippen molar-refractivity contribution in [3.05, 3.63) is 36.4 Å². The first-order valence-corrected chi connectivity index (χ1v) is 7.69. The molecule has 1 aliphatic rings. The molecule has 0 saturated heterocycles. The lowest BCUT2D eigenvalue weighted by Gasteiger charge is -2.40. The third-order valence-electron chi connectivity index (χ3n) is 4.26. The second-order valence-electron chi connectivity index (χ2n) is 6.39. The number of nitrogens with one attached hydrogen (secondary N) is 2. The number of hydrogen-bond acceptors (Lipinski definition) is 2. The summed E-state index contributed by atoms with van der Waals surface area (Å²) in [6.45, 7) is 6.88. The molecule has 106 valence electrons. The van der Waals surface area contributed by atoms with Crippen LogP contribution in [0.15, 0.2) is 36.4 Å². The summed E-state index contributed by atoms with van der Waals surface area (Å²) in [6.07, 6.45) is 3.67. The van der Waals surface area contributed by atoms with Gasteiger partial charge in [-0.3, -0.25) is 0 Å². The summed E-state index contributed by atoms with van der Waals surface area (Å²) in [4.78, 5) is 0. The van der Waals surface area contributed by atoms with E-state index in [2.05, 4.69) is 67.8 Å². The normalized spacial score (nSPS) is 17.4. The highest BCUT2D eigenvalue weighted by atomic mass is 15.2. The average Bonchev–Trinajstić information content (AvgIpc) is 2.38. The van der Waals surface area contributed by atoms with Crippen LogP contribution in [-0.4, -0.2) is 5.66 Å². The lowest BCUT2D eigenvalue weighted by molar-refractivity contribution is 0.391. The van der Waals surface area contributed by atoms with Crippen molar-refractivity contribution < 1.29 is 0 Å². The van der Waals surface area contributed by atoms with Crippen molar-refractivity contribution in [2.75, 3.05) is 10.6 Å². The highest BCUT2D eigenvalue weighted by Gasteiger charge is 2.30. The predicted molar refractivity (Wildman–Crippen MR) is 88.3 cm³/mol. The third-order valence-corrected chi connectivity index (χ3v) is 4.26. The lowest BCUT2D eigenvalue weighted by atomic mass is 9.90. The third kappa shape index (κ3) is 2.35. The topological polar surface area (TPSA) is 24.1 Å². The molecule has 2 nitrogen and oxygen atoms in total.